The van der Waals surface area contributed by atoms with Crippen LogP contribution in [0.25, 0.3) is 0 Å². The number of likely N-dealkylation sites (tertiary alicyclic amines) is 1. The van der Waals surface area contributed by atoms with Gasteiger partial charge in [-0.2, -0.15) is 0 Å². The number of ether oxygens (including phenoxy) is 1. The van der Waals surface area contributed by atoms with E-state index in [9.17, 15) is 9.59 Å². The van der Waals surface area contributed by atoms with Crippen LogP contribution >= 0.6 is 11.6 Å². The largest absolute Gasteiger partial charge is 0.364 e. The van der Waals surface area contributed by atoms with Gasteiger partial charge in [0, 0.05) is 36.6 Å². The first-order valence-electron chi connectivity index (χ1n) is 8.77. The highest BCUT2D eigenvalue weighted by Gasteiger charge is 2.54. The summed E-state index contributed by atoms with van der Waals surface area (Å²) >= 11 is 6.16. The highest BCUT2D eigenvalue weighted by molar-refractivity contribution is 6.30. The fraction of sp³-hybridized carbons (Fsp3) is 0.556. The van der Waals surface area contributed by atoms with Crippen LogP contribution < -0.4 is 11.5 Å². The molecule has 0 saturated carbocycles. The van der Waals surface area contributed by atoms with Crippen LogP contribution in [0.5, 0.6) is 0 Å². The number of primary amides is 1. The monoisotopic (exact) mass is 366 g/mol. The zero-order chi connectivity index (χ0) is 18.0. The molecule has 2 aliphatic heterocycles. The first kappa shape index (κ1) is 18.3. The molecule has 3 rings (SSSR count). The summed E-state index contributed by atoms with van der Waals surface area (Å²) in [4.78, 5) is 25.5. The molecular weight excluding hydrogens is 342 g/mol. The van der Waals surface area contributed by atoms with E-state index >= 15 is 0 Å². The topological polar surface area (TPSA) is 95.4 Å². The standard InChI is InChI=1S/C18H24ClN3O3/c19-14-6-5-12(10-20)13(9-14)11-22(7-1-3-15(22)17(21)23)18(24)16-4-2-8-25-16/h5-6,9,15-16H,1-4,7-8,10-11,20H2,(H-,21,23)/p+1/t15?,16-,22?/m1/s1. The zero-order valence-corrected chi connectivity index (χ0v) is 15.0. The average molecular weight is 367 g/mol. The Morgan fingerprint density at radius 3 is 2.68 bits per heavy atom. The summed E-state index contributed by atoms with van der Waals surface area (Å²) < 4.78 is 5.65. The molecule has 0 aliphatic carbocycles. The van der Waals surface area contributed by atoms with Crippen molar-refractivity contribution >= 4 is 23.4 Å². The molecule has 0 aromatic heterocycles. The lowest BCUT2D eigenvalue weighted by Gasteiger charge is -2.38. The van der Waals surface area contributed by atoms with Crippen LogP contribution in [0, 0.1) is 0 Å². The predicted molar refractivity (Wildman–Crippen MR) is 94.4 cm³/mol. The second kappa shape index (κ2) is 7.41. The smallest absolute Gasteiger partial charge is 0.343 e. The molecule has 7 heteroatoms. The van der Waals surface area contributed by atoms with Gasteiger partial charge in [0.1, 0.15) is 6.54 Å². The molecule has 3 atom stereocenters. The molecule has 4 N–H and O–H groups in total. The van der Waals surface area contributed by atoms with E-state index in [1.54, 1.807) is 6.07 Å². The highest BCUT2D eigenvalue weighted by Crippen LogP contribution is 2.35. The molecule has 25 heavy (non-hydrogen) atoms. The van der Waals surface area contributed by atoms with E-state index < -0.39 is 18.1 Å². The number of hydrogen-bond donors (Lipinski definition) is 2. The minimum atomic E-state index is -0.527. The van der Waals surface area contributed by atoms with Gasteiger partial charge in [-0.25, -0.2) is 9.28 Å². The lowest BCUT2D eigenvalue weighted by atomic mass is 10.0. The van der Waals surface area contributed by atoms with Crippen LogP contribution in [0.3, 0.4) is 0 Å². The Bertz CT molecular complexity index is 676. The number of hydrogen-bond acceptors (Lipinski definition) is 4. The van der Waals surface area contributed by atoms with Crippen molar-refractivity contribution in [2.24, 2.45) is 11.5 Å². The summed E-state index contributed by atoms with van der Waals surface area (Å²) in [5.41, 5.74) is 13.4. The van der Waals surface area contributed by atoms with E-state index in [1.807, 2.05) is 12.1 Å². The first-order valence-corrected chi connectivity index (χ1v) is 9.15. The fourth-order valence-corrected chi connectivity index (χ4v) is 4.39. The molecule has 1 aromatic carbocycles. The van der Waals surface area contributed by atoms with Crippen LogP contribution in [0.2, 0.25) is 5.02 Å². The molecule has 2 aliphatic rings. The Hall–Kier alpha value is -1.47. The summed E-state index contributed by atoms with van der Waals surface area (Å²) in [6.07, 6.45) is 2.50. The van der Waals surface area contributed by atoms with Crippen molar-refractivity contribution in [2.45, 2.75) is 50.9 Å². The molecule has 0 bridgehead atoms. The average Bonchev–Trinajstić information content (AvgIpc) is 3.24. The Balaban J connectivity index is 2.01. The van der Waals surface area contributed by atoms with Crippen molar-refractivity contribution in [1.82, 2.24) is 0 Å². The molecule has 0 spiro atoms. The Morgan fingerprint density at radius 1 is 1.24 bits per heavy atom. The minimum Gasteiger partial charge on any atom is -0.364 e. The summed E-state index contributed by atoms with van der Waals surface area (Å²) in [7, 11) is 0. The van der Waals surface area contributed by atoms with E-state index in [-0.39, 0.29) is 10.4 Å². The van der Waals surface area contributed by atoms with Gasteiger partial charge in [0.25, 0.3) is 5.91 Å². The molecule has 2 saturated heterocycles. The quantitative estimate of drug-likeness (QED) is 0.771. The van der Waals surface area contributed by atoms with E-state index in [4.69, 9.17) is 27.8 Å². The zero-order valence-electron chi connectivity index (χ0n) is 14.2. The van der Waals surface area contributed by atoms with Crippen molar-refractivity contribution in [3.63, 3.8) is 0 Å². The number of benzene rings is 1. The molecule has 2 heterocycles. The number of nitrogens with zero attached hydrogens (tertiary/aromatic N) is 1. The second-order valence-electron chi connectivity index (χ2n) is 6.93. The van der Waals surface area contributed by atoms with Crippen molar-refractivity contribution < 1.29 is 18.8 Å². The number of halogens is 1. The van der Waals surface area contributed by atoms with Crippen molar-refractivity contribution in [3.8, 4) is 0 Å². The third kappa shape index (κ3) is 3.44. The number of amides is 2. The van der Waals surface area contributed by atoms with Gasteiger partial charge >= 0.3 is 5.91 Å². The predicted octanol–water partition coefficient (Wildman–Crippen LogP) is 1.47. The third-order valence-electron chi connectivity index (χ3n) is 5.44. The third-order valence-corrected chi connectivity index (χ3v) is 5.68. The van der Waals surface area contributed by atoms with Crippen molar-refractivity contribution in [3.05, 3.63) is 34.3 Å². The minimum absolute atomic E-state index is 0.0212. The molecular formula is C18H25ClN3O3+. The van der Waals surface area contributed by atoms with Gasteiger partial charge in [-0.15, -0.1) is 0 Å². The lowest BCUT2D eigenvalue weighted by Crippen LogP contribution is -2.62. The molecule has 1 aromatic rings. The first-order chi connectivity index (χ1) is 12.0. The maximum atomic E-state index is 13.3. The van der Waals surface area contributed by atoms with E-state index in [0.717, 1.165) is 24.0 Å². The summed E-state index contributed by atoms with van der Waals surface area (Å²) in [6.45, 7) is 1.90. The highest BCUT2D eigenvalue weighted by atomic mass is 35.5. The Labute approximate surface area is 152 Å². The number of rotatable bonds is 5. The maximum absolute atomic E-state index is 13.3. The maximum Gasteiger partial charge on any atom is 0.343 e. The normalized spacial score (nSPS) is 29.0. The lowest BCUT2D eigenvalue weighted by molar-refractivity contribution is -0.872. The Morgan fingerprint density at radius 2 is 2.04 bits per heavy atom. The molecule has 0 radical (unpaired) electrons. The van der Waals surface area contributed by atoms with Gasteiger partial charge in [-0.05, 0) is 30.5 Å². The van der Waals surface area contributed by atoms with Crippen molar-refractivity contribution in [1.29, 1.82) is 0 Å². The van der Waals surface area contributed by atoms with Crippen LogP contribution in [0.15, 0.2) is 18.2 Å². The van der Waals surface area contributed by atoms with Gasteiger partial charge in [0.2, 0.25) is 0 Å². The van der Waals surface area contributed by atoms with Crippen LogP contribution in [-0.2, 0) is 27.4 Å². The summed E-state index contributed by atoms with van der Waals surface area (Å²) in [5, 5.41) is 0.588. The molecule has 2 amide bonds. The van der Waals surface area contributed by atoms with Gasteiger partial charge in [0.05, 0.1) is 6.54 Å². The van der Waals surface area contributed by atoms with Crippen LogP contribution in [0.4, 0.5) is 0 Å². The molecule has 136 valence electrons. The van der Waals surface area contributed by atoms with Gasteiger partial charge in [-0.3, -0.25) is 4.79 Å². The molecule has 6 nitrogen and oxygen atoms in total. The van der Waals surface area contributed by atoms with E-state index in [2.05, 4.69) is 0 Å². The molecule has 2 unspecified atom stereocenters. The van der Waals surface area contributed by atoms with Gasteiger partial charge in [-0.1, -0.05) is 17.7 Å². The van der Waals surface area contributed by atoms with Crippen LogP contribution in [0.1, 0.15) is 36.8 Å². The van der Waals surface area contributed by atoms with Gasteiger partial charge in [0.15, 0.2) is 12.1 Å². The SMILES string of the molecule is NCc1ccc(Cl)cc1C[N+]1(C(=O)[C@H]2CCCO2)CCCC1C(N)=O. The number of quaternary nitrogens is 1. The van der Waals surface area contributed by atoms with Crippen LogP contribution in [-0.4, -0.2) is 41.6 Å². The Kier molecular flexibility index (Phi) is 5.43. The summed E-state index contributed by atoms with van der Waals surface area (Å²) in [5.74, 6) is -0.470. The number of carbonyl (C=O) groups is 2. The van der Waals surface area contributed by atoms with Gasteiger partial charge < -0.3 is 16.2 Å². The van der Waals surface area contributed by atoms with Crippen molar-refractivity contribution in [2.75, 3.05) is 13.2 Å². The summed E-state index contributed by atoms with van der Waals surface area (Å²) in [6, 6.07) is 4.97. The number of carbonyl (C=O) groups excluding carboxylic acids is 2. The van der Waals surface area contributed by atoms with E-state index in [0.29, 0.717) is 44.1 Å². The second-order valence-corrected chi connectivity index (χ2v) is 7.37. The fourth-order valence-electron chi connectivity index (χ4n) is 4.19. The number of nitrogens with two attached hydrogens (primary N) is 2. The van der Waals surface area contributed by atoms with E-state index in [1.165, 1.54) is 0 Å². The molecule has 2 fully saturated rings.